The van der Waals surface area contributed by atoms with Crippen molar-refractivity contribution in [1.82, 2.24) is 10.2 Å². The predicted octanol–water partition coefficient (Wildman–Crippen LogP) is 3.95. The van der Waals surface area contributed by atoms with Gasteiger partial charge < -0.3 is 5.32 Å². The van der Waals surface area contributed by atoms with Crippen LogP contribution >= 0.6 is 0 Å². The van der Waals surface area contributed by atoms with Gasteiger partial charge in [-0.15, -0.1) is 0 Å². The predicted molar refractivity (Wildman–Crippen MR) is 108 cm³/mol. The molecule has 0 unspecified atom stereocenters. The number of carbonyl (C=O) groups excluding carboxylic acids is 3. The first-order valence-electron chi connectivity index (χ1n) is 9.74. The van der Waals surface area contributed by atoms with Crippen LogP contribution in [0.5, 0.6) is 0 Å². The number of rotatable bonds is 7. The largest absolute Gasteiger partial charge is 0.349 e. The van der Waals surface area contributed by atoms with Crippen LogP contribution in [0, 0.1) is 13.8 Å². The fourth-order valence-corrected chi connectivity index (χ4v) is 3.51. The van der Waals surface area contributed by atoms with Crippen LogP contribution in [0.15, 0.2) is 42.5 Å². The van der Waals surface area contributed by atoms with Crippen molar-refractivity contribution in [2.45, 2.75) is 46.1 Å². The highest BCUT2D eigenvalue weighted by Crippen LogP contribution is 2.23. The molecule has 1 atom stereocenters. The van der Waals surface area contributed by atoms with Crippen molar-refractivity contribution in [2.24, 2.45) is 0 Å². The minimum absolute atomic E-state index is 0.0360. The van der Waals surface area contributed by atoms with Crippen molar-refractivity contribution >= 4 is 17.7 Å². The molecule has 0 radical (unpaired) electrons. The van der Waals surface area contributed by atoms with Crippen LogP contribution in [0.3, 0.4) is 0 Å². The van der Waals surface area contributed by atoms with Crippen LogP contribution in [-0.2, 0) is 4.79 Å². The zero-order chi connectivity index (χ0) is 20.3. The Morgan fingerprint density at radius 3 is 2.21 bits per heavy atom. The lowest BCUT2D eigenvalue weighted by Crippen LogP contribution is -2.32. The number of nitrogens with zero attached hydrogens (tertiary/aromatic N) is 1. The van der Waals surface area contributed by atoms with E-state index in [9.17, 15) is 14.4 Å². The lowest BCUT2D eigenvalue weighted by molar-refractivity contribution is -0.122. The summed E-state index contributed by atoms with van der Waals surface area (Å²) < 4.78 is 0. The smallest absolute Gasteiger partial charge is 0.261 e. The molecule has 28 heavy (non-hydrogen) atoms. The van der Waals surface area contributed by atoms with E-state index in [0.717, 1.165) is 12.0 Å². The van der Waals surface area contributed by atoms with Gasteiger partial charge in [-0.05, 0) is 55.5 Å². The maximum Gasteiger partial charge on any atom is 0.261 e. The number of aryl methyl sites for hydroxylation is 2. The molecule has 1 aliphatic rings. The van der Waals surface area contributed by atoms with Crippen molar-refractivity contribution in [3.63, 3.8) is 0 Å². The molecule has 0 aliphatic carbocycles. The van der Waals surface area contributed by atoms with Gasteiger partial charge in [-0.3, -0.25) is 19.3 Å². The van der Waals surface area contributed by atoms with Gasteiger partial charge >= 0.3 is 0 Å². The standard InChI is InChI=1S/C23H26N2O3/c1-4-20(17-12-11-15(2)16(3)14-17)24-21(26)10-7-13-25-22(27)18-8-5-6-9-19(18)23(25)28/h5-6,8-9,11-12,14,20H,4,7,10,13H2,1-3H3,(H,24,26)/t20-/m0/s1. The molecule has 3 rings (SSSR count). The van der Waals surface area contributed by atoms with Gasteiger partial charge in [0.15, 0.2) is 0 Å². The quantitative estimate of drug-likeness (QED) is 0.742. The maximum atomic E-state index is 12.4. The van der Waals surface area contributed by atoms with Crippen LogP contribution in [0.25, 0.3) is 0 Å². The summed E-state index contributed by atoms with van der Waals surface area (Å²) >= 11 is 0. The van der Waals surface area contributed by atoms with E-state index in [1.165, 1.54) is 16.0 Å². The van der Waals surface area contributed by atoms with Crippen molar-refractivity contribution in [3.05, 3.63) is 70.3 Å². The summed E-state index contributed by atoms with van der Waals surface area (Å²) in [6, 6.07) is 13.0. The van der Waals surface area contributed by atoms with E-state index in [2.05, 4.69) is 37.4 Å². The Kier molecular flexibility index (Phi) is 5.93. The highest BCUT2D eigenvalue weighted by atomic mass is 16.2. The summed E-state index contributed by atoms with van der Waals surface area (Å²) in [7, 11) is 0. The molecule has 2 aromatic carbocycles. The summed E-state index contributed by atoms with van der Waals surface area (Å²) in [4.78, 5) is 38.3. The molecule has 0 saturated carbocycles. The normalized spacial score (nSPS) is 14.2. The van der Waals surface area contributed by atoms with Gasteiger partial charge in [0.25, 0.3) is 11.8 Å². The molecule has 1 N–H and O–H groups in total. The Morgan fingerprint density at radius 2 is 1.64 bits per heavy atom. The molecule has 1 aliphatic heterocycles. The lowest BCUT2D eigenvalue weighted by atomic mass is 9.99. The number of carbonyl (C=O) groups is 3. The third-order valence-electron chi connectivity index (χ3n) is 5.34. The number of imide groups is 1. The van der Waals surface area contributed by atoms with Crippen molar-refractivity contribution in [2.75, 3.05) is 6.54 Å². The molecule has 5 heteroatoms. The van der Waals surface area contributed by atoms with Gasteiger partial charge in [0.1, 0.15) is 0 Å². The fraction of sp³-hybridized carbons (Fsp3) is 0.348. The number of amides is 3. The first kappa shape index (κ1) is 19.8. The molecule has 3 amide bonds. The van der Waals surface area contributed by atoms with Gasteiger partial charge in [-0.25, -0.2) is 0 Å². The van der Waals surface area contributed by atoms with Crippen molar-refractivity contribution < 1.29 is 14.4 Å². The second kappa shape index (κ2) is 8.38. The van der Waals surface area contributed by atoms with E-state index in [1.54, 1.807) is 24.3 Å². The molecule has 146 valence electrons. The fourth-order valence-electron chi connectivity index (χ4n) is 3.51. The third-order valence-corrected chi connectivity index (χ3v) is 5.34. The molecule has 0 aromatic heterocycles. The Hall–Kier alpha value is -2.95. The SMILES string of the molecule is CC[C@H](NC(=O)CCCN1C(=O)c2ccccc2C1=O)c1ccc(C)c(C)c1. The minimum Gasteiger partial charge on any atom is -0.349 e. The highest BCUT2D eigenvalue weighted by molar-refractivity contribution is 6.21. The Morgan fingerprint density at radius 1 is 1.00 bits per heavy atom. The molecule has 0 fully saturated rings. The number of fused-ring (bicyclic) bond motifs is 1. The molecular formula is C23H26N2O3. The number of hydrogen-bond donors (Lipinski definition) is 1. The van der Waals surface area contributed by atoms with E-state index >= 15 is 0 Å². The topological polar surface area (TPSA) is 66.5 Å². The van der Waals surface area contributed by atoms with Gasteiger partial charge in [-0.2, -0.15) is 0 Å². The molecule has 5 nitrogen and oxygen atoms in total. The zero-order valence-corrected chi connectivity index (χ0v) is 16.6. The van der Waals surface area contributed by atoms with Crippen LogP contribution in [0.1, 0.15) is 69.6 Å². The van der Waals surface area contributed by atoms with E-state index in [1.807, 2.05) is 6.92 Å². The first-order chi connectivity index (χ1) is 13.4. The molecular weight excluding hydrogens is 352 g/mol. The summed E-state index contributed by atoms with van der Waals surface area (Å²) in [6.07, 6.45) is 1.52. The minimum atomic E-state index is -0.275. The Bertz CT molecular complexity index is 885. The summed E-state index contributed by atoms with van der Waals surface area (Å²) in [5.74, 6) is -0.619. The average molecular weight is 378 g/mol. The van der Waals surface area contributed by atoms with Crippen LogP contribution in [0.2, 0.25) is 0 Å². The van der Waals surface area contributed by atoms with E-state index in [0.29, 0.717) is 17.5 Å². The molecule has 0 saturated heterocycles. The molecule has 1 heterocycles. The molecule has 2 aromatic rings. The van der Waals surface area contributed by atoms with Gasteiger partial charge in [-0.1, -0.05) is 37.3 Å². The van der Waals surface area contributed by atoms with E-state index in [4.69, 9.17) is 0 Å². The van der Waals surface area contributed by atoms with Crippen molar-refractivity contribution in [3.8, 4) is 0 Å². The number of nitrogens with one attached hydrogen (secondary N) is 1. The first-order valence-corrected chi connectivity index (χ1v) is 9.74. The highest BCUT2D eigenvalue weighted by Gasteiger charge is 2.34. The van der Waals surface area contributed by atoms with Gasteiger partial charge in [0, 0.05) is 13.0 Å². The second-order valence-electron chi connectivity index (χ2n) is 7.28. The number of hydrogen-bond acceptors (Lipinski definition) is 3. The summed E-state index contributed by atoms with van der Waals surface area (Å²) in [6.45, 7) is 6.42. The molecule has 0 spiro atoms. The second-order valence-corrected chi connectivity index (χ2v) is 7.28. The third kappa shape index (κ3) is 3.98. The van der Waals surface area contributed by atoms with Crippen molar-refractivity contribution in [1.29, 1.82) is 0 Å². The summed E-state index contributed by atoms with van der Waals surface area (Å²) in [5.41, 5.74) is 4.41. The van der Waals surface area contributed by atoms with Gasteiger partial charge in [0.2, 0.25) is 5.91 Å². The maximum absolute atomic E-state index is 12.4. The zero-order valence-electron chi connectivity index (χ0n) is 16.6. The molecule has 0 bridgehead atoms. The van der Waals surface area contributed by atoms with E-state index in [-0.39, 0.29) is 36.7 Å². The number of benzene rings is 2. The lowest BCUT2D eigenvalue weighted by Gasteiger charge is -2.19. The van der Waals surface area contributed by atoms with Gasteiger partial charge in [0.05, 0.1) is 17.2 Å². The summed E-state index contributed by atoms with van der Waals surface area (Å²) in [5, 5.41) is 3.07. The Labute approximate surface area is 165 Å². The Balaban J connectivity index is 1.54. The monoisotopic (exact) mass is 378 g/mol. The van der Waals surface area contributed by atoms with Crippen LogP contribution in [0.4, 0.5) is 0 Å². The van der Waals surface area contributed by atoms with Crippen LogP contribution in [-0.4, -0.2) is 29.2 Å². The average Bonchev–Trinajstić information content (AvgIpc) is 2.93. The van der Waals surface area contributed by atoms with Crippen LogP contribution < -0.4 is 5.32 Å². The van der Waals surface area contributed by atoms with E-state index < -0.39 is 0 Å².